The molecule has 1 aromatic rings. The first-order valence-electron chi connectivity index (χ1n) is 6.36. The van der Waals surface area contributed by atoms with E-state index in [1.165, 1.54) is 24.8 Å². The third kappa shape index (κ3) is 3.61. The second kappa shape index (κ2) is 6.08. The highest BCUT2D eigenvalue weighted by molar-refractivity contribution is 6.42. The van der Waals surface area contributed by atoms with E-state index in [0.29, 0.717) is 16.1 Å². The monoisotopic (exact) mass is 271 g/mol. The highest BCUT2D eigenvalue weighted by Gasteiger charge is 2.20. The summed E-state index contributed by atoms with van der Waals surface area (Å²) in [6.45, 7) is 3.43. The van der Waals surface area contributed by atoms with Crippen LogP contribution >= 0.6 is 23.2 Å². The number of rotatable bonds is 3. The van der Waals surface area contributed by atoms with Gasteiger partial charge in [-0.1, -0.05) is 42.6 Å². The van der Waals surface area contributed by atoms with E-state index >= 15 is 0 Å². The summed E-state index contributed by atoms with van der Waals surface area (Å²) in [4.78, 5) is 0. The average Bonchev–Trinajstić information content (AvgIpc) is 2.34. The SMILES string of the molecule is CCC1CCNC(Cc2ccc(Cl)c(Cl)c2)C1. The molecule has 1 fully saturated rings. The molecule has 1 N–H and O–H groups in total. The molecule has 0 bridgehead atoms. The van der Waals surface area contributed by atoms with Crippen molar-refractivity contribution < 1.29 is 0 Å². The Morgan fingerprint density at radius 1 is 1.29 bits per heavy atom. The quantitative estimate of drug-likeness (QED) is 0.864. The van der Waals surface area contributed by atoms with E-state index in [0.717, 1.165) is 18.9 Å². The van der Waals surface area contributed by atoms with Crippen molar-refractivity contribution >= 4 is 23.2 Å². The van der Waals surface area contributed by atoms with Gasteiger partial charge in [0.2, 0.25) is 0 Å². The van der Waals surface area contributed by atoms with Crippen molar-refractivity contribution in [3.63, 3.8) is 0 Å². The molecule has 1 aliphatic rings. The molecule has 17 heavy (non-hydrogen) atoms. The first-order valence-corrected chi connectivity index (χ1v) is 7.12. The molecular weight excluding hydrogens is 253 g/mol. The summed E-state index contributed by atoms with van der Waals surface area (Å²) >= 11 is 12.0. The van der Waals surface area contributed by atoms with Crippen molar-refractivity contribution in [3.05, 3.63) is 33.8 Å². The average molecular weight is 272 g/mol. The van der Waals surface area contributed by atoms with Crippen molar-refractivity contribution in [1.82, 2.24) is 5.32 Å². The number of halogens is 2. The zero-order valence-electron chi connectivity index (χ0n) is 10.2. The molecule has 3 heteroatoms. The maximum atomic E-state index is 6.04. The summed E-state index contributed by atoms with van der Waals surface area (Å²) in [5, 5.41) is 4.89. The minimum Gasteiger partial charge on any atom is -0.314 e. The van der Waals surface area contributed by atoms with Crippen molar-refractivity contribution in [2.75, 3.05) is 6.54 Å². The molecule has 2 unspecified atom stereocenters. The van der Waals surface area contributed by atoms with Gasteiger partial charge >= 0.3 is 0 Å². The molecule has 0 aliphatic carbocycles. The fourth-order valence-corrected chi connectivity index (χ4v) is 2.89. The van der Waals surface area contributed by atoms with Crippen LogP contribution in [0.2, 0.25) is 10.0 Å². The lowest BCUT2D eigenvalue weighted by Crippen LogP contribution is -2.39. The smallest absolute Gasteiger partial charge is 0.0595 e. The molecule has 94 valence electrons. The highest BCUT2D eigenvalue weighted by Crippen LogP contribution is 2.25. The molecule has 2 atom stereocenters. The van der Waals surface area contributed by atoms with Crippen LogP contribution in [0.4, 0.5) is 0 Å². The van der Waals surface area contributed by atoms with Gasteiger partial charge in [0.05, 0.1) is 10.0 Å². The van der Waals surface area contributed by atoms with Gasteiger partial charge in [-0.15, -0.1) is 0 Å². The van der Waals surface area contributed by atoms with Gasteiger partial charge in [0, 0.05) is 6.04 Å². The van der Waals surface area contributed by atoms with Crippen molar-refractivity contribution in [1.29, 1.82) is 0 Å². The van der Waals surface area contributed by atoms with Gasteiger partial charge in [-0.2, -0.15) is 0 Å². The Morgan fingerprint density at radius 3 is 2.82 bits per heavy atom. The summed E-state index contributed by atoms with van der Waals surface area (Å²) in [6.07, 6.45) is 4.93. The molecule has 1 saturated heterocycles. The summed E-state index contributed by atoms with van der Waals surface area (Å²) in [5.41, 5.74) is 1.27. The Morgan fingerprint density at radius 2 is 2.12 bits per heavy atom. The minimum absolute atomic E-state index is 0.589. The van der Waals surface area contributed by atoms with E-state index < -0.39 is 0 Å². The molecule has 1 aliphatic heterocycles. The van der Waals surface area contributed by atoms with Crippen LogP contribution < -0.4 is 5.32 Å². The number of nitrogens with one attached hydrogen (secondary N) is 1. The van der Waals surface area contributed by atoms with Gasteiger partial charge in [-0.05, 0) is 49.4 Å². The summed E-state index contributed by atoms with van der Waals surface area (Å²) < 4.78 is 0. The number of hydrogen-bond donors (Lipinski definition) is 1. The predicted molar refractivity (Wildman–Crippen MR) is 75.0 cm³/mol. The summed E-state index contributed by atoms with van der Waals surface area (Å²) in [6, 6.07) is 6.54. The Bertz CT molecular complexity index is 378. The molecule has 0 amide bonds. The Balaban J connectivity index is 1.97. The molecule has 0 saturated carbocycles. The highest BCUT2D eigenvalue weighted by atomic mass is 35.5. The van der Waals surface area contributed by atoms with E-state index in [9.17, 15) is 0 Å². The van der Waals surface area contributed by atoms with E-state index in [2.05, 4.69) is 18.3 Å². The number of piperidine rings is 1. The zero-order valence-corrected chi connectivity index (χ0v) is 11.7. The fourth-order valence-electron chi connectivity index (χ4n) is 2.57. The van der Waals surface area contributed by atoms with Crippen LogP contribution in [0, 0.1) is 5.92 Å². The molecule has 0 radical (unpaired) electrons. The Hall–Kier alpha value is -0.240. The number of hydrogen-bond acceptors (Lipinski definition) is 1. The lowest BCUT2D eigenvalue weighted by atomic mass is 9.88. The first kappa shape index (κ1) is 13.2. The van der Waals surface area contributed by atoms with E-state index in [-0.39, 0.29) is 0 Å². The lowest BCUT2D eigenvalue weighted by molar-refractivity contribution is 0.294. The van der Waals surface area contributed by atoms with Gasteiger partial charge < -0.3 is 5.32 Å². The van der Waals surface area contributed by atoms with Gasteiger partial charge in [-0.25, -0.2) is 0 Å². The third-order valence-corrected chi connectivity index (χ3v) is 4.39. The Labute approximate surface area is 114 Å². The molecule has 1 nitrogen and oxygen atoms in total. The van der Waals surface area contributed by atoms with Gasteiger partial charge in [-0.3, -0.25) is 0 Å². The molecule has 0 spiro atoms. The standard InChI is InChI=1S/C14H19Cl2N/c1-2-10-5-6-17-12(7-10)8-11-3-4-13(15)14(16)9-11/h3-4,9-10,12,17H,2,5-8H2,1H3. The van der Waals surface area contributed by atoms with Crippen LogP contribution in [-0.2, 0) is 6.42 Å². The summed E-state index contributed by atoms with van der Waals surface area (Å²) in [5.74, 6) is 0.879. The predicted octanol–water partition coefficient (Wildman–Crippen LogP) is 4.31. The van der Waals surface area contributed by atoms with Gasteiger partial charge in [0.25, 0.3) is 0 Å². The lowest BCUT2D eigenvalue weighted by Gasteiger charge is -2.30. The second-order valence-corrected chi connectivity index (χ2v) is 5.72. The van der Waals surface area contributed by atoms with Crippen molar-refractivity contribution in [2.24, 2.45) is 5.92 Å². The van der Waals surface area contributed by atoms with Crippen LogP contribution in [0.15, 0.2) is 18.2 Å². The van der Waals surface area contributed by atoms with Crippen LogP contribution in [0.3, 0.4) is 0 Å². The maximum Gasteiger partial charge on any atom is 0.0595 e. The zero-order chi connectivity index (χ0) is 12.3. The van der Waals surface area contributed by atoms with Crippen LogP contribution in [0.5, 0.6) is 0 Å². The van der Waals surface area contributed by atoms with Gasteiger partial charge in [0.15, 0.2) is 0 Å². The van der Waals surface area contributed by atoms with Crippen LogP contribution in [0.1, 0.15) is 31.7 Å². The maximum absolute atomic E-state index is 6.04. The first-order chi connectivity index (χ1) is 8.19. The second-order valence-electron chi connectivity index (χ2n) is 4.90. The van der Waals surface area contributed by atoms with Crippen LogP contribution in [-0.4, -0.2) is 12.6 Å². The van der Waals surface area contributed by atoms with Crippen molar-refractivity contribution in [3.8, 4) is 0 Å². The number of benzene rings is 1. The normalized spacial score (nSPS) is 24.9. The molecule has 1 heterocycles. The minimum atomic E-state index is 0.589. The van der Waals surface area contributed by atoms with E-state index in [1.807, 2.05) is 12.1 Å². The van der Waals surface area contributed by atoms with Gasteiger partial charge in [0.1, 0.15) is 0 Å². The van der Waals surface area contributed by atoms with E-state index in [4.69, 9.17) is 23.2 Å². The van der Waals surface area contributed by atoms with E-state index in [1.54, 1.807) is 0 Å². The topological polar surface area (TPSA) is 12.0 Å². The summed E-state index contributed by atoms with van der Waals surface area (Å²) in [7, 11) is 0. The molecule has 1 aromatic carbocycles. The molecule has 2 rings (SSSR count). The van der Waals surface area contributed by atoms with Crippen molar-refractivity contribution in [2.45, 2.75) is 38.6 Å². The largest absolute Gasteiger partial charge is 0.314 e. The molecule has 0 aromatic heterocycles. The Kier molecular flexibility index (Phi) is 4.72. The fraction of sp³-hybridized carbons (Fsp3) is 0.571. The molecular formula is C14H19Cl2N. The third-order valence-electron chi connectivity index (χ3n) is 3.65. The van der Waals surface area contributed by atoms with Crippen LogP contribution in [0.25, 0.3) is 0 Å².